The van der Waals surface area contributed by atoms with Gasteiger partial charge in [-0.3, -0.25) is 33.7 Å². The molecular weight excluding hydrogens is 979 g/mol. The fourth-order valence-corrected chi connectivity index (χ4v) is 8.20. The molecule has 9 N–H and O–H groups in total. The Hall–Kier alpha value is -7.03. The second kappa shape index (κ2) is 30.5. The number of ether oxygens (including phenoxy) is 3. The number of rotatable bonds is 28. The van der Waals surface area contributed by atoms with Crippen molar-refractivity contribution in [2.45, 2.75) is 157 Å². The molecule has 6 atom stereocenters. The van der Waals surface area contributed by atoms with Crippen LogP contribution in [0.15, 0.2) is 66.2 Å². The lowest BCUT2D eigenvalue weighted by molar-refractivity contribution is -0.148. The minimum atomic E-state index is -1.24. The molecule has 0 aliphatic rings. The fraction of sp³-hybridized carbons (Fsp3) is 0.582. The maximum Gasteiger partial charge on any atom is 0.410 e. The zero-order valence-corrected chi connectivity index (χ0v) is 47.0. The normalized spacial score (nSPS) is 14.1. The highest BCUT2D eigenvalue weighted by molar-refractivity contribution is 5.98. The number of anilines is 1. The van der Waals surface area contributed by atoms with Crippen LogP contribution in [0, 0.1) is 17.3 Å². The molecule has 0 bridgehead atoms. The molecule has 2 aromatic rings. The van der Waals surface area contributed by atoms with Crippen LogP contribution >= 0.6 is 0 Å². The van der Waals surface area contributed by atoms with Crippen LogP contribution in [0.1, 0.15) is 120 Å². The number of carbonyl (C=O) groups excluding carboxylic acids is 9. The van der Waals surface area contributed by atoms with Gasteiger partial charge in [-0.2, -0.15) is 0 Å². The van der Waals surface area contributed by atoms with E-state index in [-0.39, 0.29) is 63.0 Å². The molecule has 2 rings (SSSR count). The van der Waals surface area contributed by atoms with Crippen LogP contribution in [0.4, 0.5) is 15.3 Å². The number of likely N-dealkylation sites (N-methyl/N-ethyl adjacent to an activating group) is 2. The molecule has 0 aliphatic heterocycles. The molecule has 422 valence electrons. The van der Waals surface area contributed by atoms with Crippen LogP contribution in [-0.2, 0) is 59.8 Å². The van der Waals surface area contributed by atoms with Crippen molar-refractivity contribution in [3.8, 4) is 0 Å². The Bertz CT molecular complexity index is 2320. The first-order chi connectivity index (χ1) is 35.5. The number of nitrogens with zero attached hydrogens (tertiary/aromatic N) is 2. The summed E-state index contributed by atoms with van der Waals surface area (Å²) in [4.78, 5) is 122. The van der Waals surface area contributed by atoms with E-state index in [2.05, 4.69) is 26.6 Å². The molecule has 0 aliphatic carbocycles. The Morgan fingerprint density at radius 1 is 0.711 bits per heavy atom. The maximum absolute atomic E-state index is 14.9. The van der Waals surface area contributed by atoms with Crippen molar-refractivity contribution in [3.05, 3.63) is 77.4 Å². The molecule has 76 heavy (non-hydrogen) atoms. The summed E-state index contributed by atoms with van der Waals surface area (Å²) in [5.74, 6) is -4.40. The molecule has 0 saturated carbocycles. The molecule has 8 amide bonds. The average molecular weight is 1060 g/mol. The molecule has 0 radical (unpaired) electrons. The number of esters is 2. The lowest BCUT2D eigenvalue weighted by atomic mass is 9.76. The van der Waals surface area contributed by atoms with Gasteiger partial charge in [0.15, 0.2) is 0 Å². The maximum atomic E-state index is 14.9. The van der Waals surface area contributed by atoms with E-state index < -0.39 is 101 Å². The van der Waals surface area contributed by atoms with Gasteiger partial charge in [0.05, 0.1) is 25.3 Å². The lowest BCUT2D eigenvalue weighted by Gasteiger charge is -2.42. The predicted octanol–water partition coefficient (Wildman–Crippen LogP) is 4.81. The summed E-state index contributed by atoms with van der Waals surface area (Å²) in [6.07, 6.45) is 1.10. The summed E-state index contributed by atoms with van der Waals surface area (Å²) < 4.78 is 15.9. The van der Waals surface area contributed by atoms with Gasteiger partial charge in [-0.25, -0.2) is 14.4 Å². The van der Waals surface area contributed by atoms with Gasteiger partial charge < -0.3 is 57.2 Å². The van der Waals surface area contributed by atoms with Gasteiger partial charge in [-0.1, -0.05) is 111 Å². The first kappa shape index (κ1) is 65.1. The van der Waals surface area contributed by atoms with Crippen molar-refractivity contribution in [1.82, 2.24) is 31.1 Å². The van der Waals surface area contributed by atoms with Crippen LogP contribution in [0.25, 0.3) is 0 Å². The topological polar surface area (TPSA) is 300 Å². The van der Waals surface area contributed by atoms with Crippen molar-refractivity contribution >= 4 is 59.3 Å². The van der Waals surface area contributed by atoms with E-state index in [0.29, 0.717) is 17.7 Å². The SMILES string of the molecule is CCOC(=O)CC[C@@H](NC(=O)/C(C)=C/C(C(C)C)N(C)C(=O)[C@@H](NC(=O)[C@@H](N(C)C(=O)OCc1ccc(NC(=O)[C@H](CCCNC(N)=O)NC(=O)C(N)C(C)C)cc1)C(C)(C)c1ccccc1)C(C)(C)C)C(=O)OCC. The Morgan fingerprint density at radius 3 is 1.86 bits per heavy atom. The third kappa shape index (κ3) is 20.3. The largest absolute Gasteiger partial charge is 0.466 e. The third-order valence-electron chi connectivity index (χ3n) is 12.8. The first-order valence-electron chi connectivity index (χ1n) is 25.8. The lowest BCUT2D eigenvalue weighted by Crippen LogP contribution is -2.63. The number of amides is 8. The predicted molar refractivity (Wildman–Crippen MR) is 289 cm³/mol. The van der Waals surface area contributed by atoms with E-state index in [9.17, 15) is 43.2 Å². The number of hydrogen-bond acceptors (Lipinski definition) is 13. The number of nitrogens with two attached hydrogens (primary N) is 2. The summed E-state index contributed by atoms with van der Waals surface area (Å²) >= 11 is 0. The van der Waals surface area contributed by atoms with E-state index in [1.807, 2.05) is 58.0 Å². The van der Waals surface area contributed by atoms with Crippen LogP contribution < -0.4 is 38.1 Å². The fourth-order valence-electron chi connectivity index (χ4n) is 8.20. The van der Waals surface area contributed by atoms with E-state index in [4.69, 9.17) is 25.7 Å². The second-order valence-corrected chi connectivity index (χ2v) is 21.1. The molecule has 2 unspecified atom stereocenters. The Kier molecular flexibility index (Phi) is 26.1. The minimum absolute atomic E-state index is 0.0508. The minimum Gasteiger partial charge on any atom is -0.466 e. The third-order valence-corrected chi connectivity index (χ3v) is 12.8. The van der Waals surface area contributed by atoms with Gasteiger partial charge in [0.25, 0.3) is 0 Å². The molecule has 21 heteroatoms. The summed E-state index contributed by atoms with van der Waals surface area (Å²) in [7, 11) is 3.02. The van der Waals surface area contributed by atoms with Crippen LogP contribution in [0.3, 0.4) is 0 Å². The Balaban J connectivity index is 2.40. The molecule has 0 spiro atoms. The average Bonchev–Trinajstić information content (AvgIpc) is 3.35. The van der Waals surface area contributed by atoms with Crippen LogP contribution in [0.5, 0.6) is 0 Å². The highest BCUT2D eigenvalue weighted by atomic mass is 16.6. The van der Waals surface area contributed by atoms with E-state index in [1.54, 1.807) is 92.8 Å². The number of benzene rings is 2. The molecular formula is C55H85N9O12. The number of hydrogen-bond donors (Lipinski definition) is 7. The van der Waals surface area contributed by atoms with Crippen molar-refractivity contribution < 1.29 is 57.4 Å². The van der Waals surface area contributed by atoms with Crippen LogP contribution in [-0.4, -0.2) is 134 Å². The van der Waals surface area contributed by atoms with Gasteiger partial charge in [-0.15, -0.1) is 0 Å². The van der Waals surface area contributed by atoms with Crippen molar-refractivity contribution in [2.24, 2.45) is 28.7 Å². The quantitative estimate of drug-likeness (QED) is 0.0261. The smallest absolute Gasteiger partial charge is 0.410 e. The number of nitrogens with one attached hydrogen (secondary N) is 5. The van der Waals surface area contributed by atoms with Crippen molar-refractivity contribution in [1.29, 1.82) is 0 Å². The molecule has 0 heterocycles. The summed E-state index contributed by atoms with van der Waals surface area (Å²) in [5, 5.41) is 13.6. The summed E-state index contributed by atoms with van der Waals surface area (Å²) in [6, 6.07) is 8.87. The zero-order valence-electron chi connectivity index (χ0n) is 47.0. The van der Waals surface area contributed by atoms with Crippen LogP contribution in [0.2, 0.25) is 0 Å². The number of primary amides is 1. The highest BCUT2D eigenvalue weighted by Crippen LogP contribution is 2.32. The van der Waals surface area contributed by atoms with Crippen molar-refractivity contribution in [3.63, 3.8) is 0 Å². The molecule has 0 fully saturated rings. The van der Waals surface area contributed by atoms with E-state index in [1.165, 1.54) is 16.8 Å². The zero-order chi connectivity index (χ0) is 57.7. The van der Waals surface area contributed by atoms with Gasteiger partial charge in [0, 0.05) is 43.7 Å². The summed E-state index contributed by atoms with van der Waals surface area (Å²) in [5.41, 5.74) is 11.1. The van der Waals surface area contributed by atoms with Crippen molar-refractivity contribution in [2.75, 3.05) is 39.2 Å². The second-order valence-electron chi connectivity index (χ2n) is 21.1. The summed E-state index contributed by atoms with van der Waals surface area (Å²) in [6.45, 7) is 21.4. The number of carbonyl (C=O) groups is 9. The Labute approximate surface area is 448 Å². The molecule has 0 saturated heterocycles. The van der Waals surface area contributed by atoms with E-state index >= 15 is 0 Å². The van der Waals surface area contributed by atoms with Gasteiger partial charge in [-0.05, 0) is 80.5 Å². The highest BCUT2D eigenvalue weighted by Gasteiger charge is 2.45. The van der Waals surface area contributed by atoms with Gasteiger partial charge in [0.1, 0.15) is 30.8 Å². The van der Waals surface area contributed by atoms with Gasteiger partial charge in [0.2, 0.25) is 29.5 Å². The van der Waals surface area contributed by atoms with Gasteiger partial charge >= 0.3 is 24.1 Å². The molecule has 21 nitrogen and oxygen atoms in total. The van der Waals surface area contributed by atoms with E-state index in [0.717, 1.165) is 5.56 Å². The monoisotopic (exact) mass is 1060 g/mol. The first-order valence-corrected chi connectivity index (χ1v) is 25.8. The number of urea groups is 1. The molecule has 0 aromatic heterocycles. The molecule has 2 aromatic carbocycles. The Morgan fingerprint density at radius 2 is 1.32 bits per heavy atom. The standard InChI is InChI=1S/C55H85N9O12/c1-15-74-42(65)29-28-40(51(71)75-16-2)61-46(66)35(7)31-41(33(3)4)63(13)50(70)44(54(8,9)10)62-49(69)45(55(11,12)37-21-18-17-19-22-37)64(14)53(73)76-32-36-24-26-38(27-25-36)59-47(67)39(23-20-30-58-52(57)72)60-48(68)43(56)34(5)6/h17-19,21-22,24-27,31,33-34,39-41,43-45H,15-16,20,23,28-30,32,56H2,1-14H3,(H,59,67)(H,60,68)(H,61,66)(H,62,69)(H3,57,58,72)/b35-31+/t39-,40+,41?,43?,44+,45+/m0/s1.